The molecule has 1 aliphatic heterocycles. The molecule has 6 nitrogen and oxygen atoms in total. The van der Waals surface area contributed by atoms with E-state index >= 15 is 0 Å². The monoisotopic (exact) mass is 405 g/mol. The number of hydrogen-bond acceptors (Lipinski definition) is 5. The predicted molar refractivity (Wildman–Crippen MR) is 105 cm³/mol. The SMILES string of the molecule is CC(C(=O)NCc1cccnc1N1CCCCC1)S(=O)(=O)c1ccc(F)cc1. The zero-order valence-corrected chi connectivity index (χ0v) is 16.6. The summed E-state index contributed by atoms with van der Waals surface area (Å²) in [4.78, 5) is 19.1. The number of nitrogens with zero attached hydrogens (tertiary/aromatic N) is 2. The first kappa shape index (κ1) is 20.3. The van der Waals surface area contributed by atoms with Crippen LogP contribution in [0.1, 0.15) is 31.7 Å². The van der Waals surface area contributed by atoms with Gasteiger partial charge in [0.15, 0.2) is 9.84 Å². The number of nitrogens with one attached hydrogen (secondary N) is 1. The second-order valence-corrected chi connectivity index (χ2v) is 9.16. The lowest BCUT2D eigenvalue weighted by Gasteiger charge is -2.29. The van der Waals surface area contributed by atoms with E-state index in [0.29, 0.717) is 0 Å². The van der Waals surface area contributed by atoms with Crippen molar-refractivity contribution in [1.29, 1.82) is 0 Å². The molecule has 1 amide bonds. The fourth-order valence-corrected chi connectivity index (χ4v) is 4.54. The zero-order chi connectivity index (χ0) is 20.1. The molecule has 1 aromatic heterocycles. The van der Waals surface area contributed by atoms with Crippen LogP contribution in [0.15, 0.2) is 47.5 Å². The maximum absolute atomic E-state index is 13.1. The van der Waals surface area contributed by atoms with Gasteiger partial charge in [-0.15, -0.1) is 0 Å². The maximum Gasteiger partial charge on any atom is 0.238 e. The quantitative estimate of drug-likeness (QED) is 0.748. The first-order chi connectivity index (χ1) is 13.4. The third kappa shape index (κ3) is 4.49. The van der Waals surface area contributed by atoms with E-state index in [1.807, 2.05) is 6.07 Å². The molecule has 1 atom stereocenters. The molecule has 1 fully saturated rings. The van der Waals surface area contributed by atoms with E-state index in [4.69, 9.17) is 0 Å². The van der Waals surface area contributed by atoms with E-state index in [2.05, 4.69) is 15.2 Å². The Morgan fingerprint density at radius 2 is 1.86 bits per heavy atom. The van der Waals surface area contributed by atoms with Crippen molar-refractivity contribution >= 4 is 21.6 Å². The molecule has 0 radical (unpaired) electrons. The van der Waals surface area contributed by atoms with Gasteiger partial charge in [-0.25, -0.2) is 17.8 Å². The number of sulfone groups is 1. The molecule has 1 aliphatic rings. The molecule has 2 aromatic rings. The summed E-state index contributed by atoms with van der Waals surface area (Å²) < 4.78 is 38.3. The molecule has 0 aliphatic carbocycles. The molecule has 0 saturated carbocycles. The normalized spacial score (nSPS) is 15.9. The summed E-state index contributed by atoms with van der Waals surface area (Å²) >= 11 is 0. The van der Waals surface area contributed by atoms with Crippen LogP contribution in [0, 0.1) is 5.82 Å². The Labute approximate surface area is 164 Å². The van der Waals surface area contributed by atoms with Crippen molar-refractivity contribution < 1.29 is 17.6 Å². The fraction of sp³-hybridized carbons (Fsp3) is 0.400. The molecule has 1 aromatic carbocycles. The molecule has 1 unspecified atom stereocenters. The third-order valence-corrected chi connectivity index (χ3v) is 7.03. The molecule has 150 valence electrons. The van der Waals surface area contributed by atoms with Crippen LogP contribution < -0.4 is 10.2 Å². The Kier molecular flexibility index (Phi) is 6.28. The number of piperidine rings is 1. The average molecular weight is 405 g/mol. The number of pyridine rings is 1. The molecular weight excluding hydrogens is 381 g/mol. The smallest absolute Gasteiger partial charge is 0.238 e. The van der Waals surface area contributed by atoms with Crippen LogP contribution in [0.2, 0.25) is 0 Å². The highest BCUT2D eigenvalue weighted by atomic mass is 32.2. The van der Waals surface area contributed by atoms with E-state index in [-0.39, 0.29) is 11.4 Å². The van der Waals surface area contributed by atoms with Crippen LogP contribution in [-0.2, 0) is 21.2 Å². The van der Waals surface area contributed by atoms with Gasteiger partial charge in [0.05, 0.1) is 4.90 Å². The number of halogens is 1. The molecular formula is C20H24FN3O3S. The van der Waals surface area contributed by atoms with Gasteiger partial charge in [-0.3, -0.25) is 4.79 Å². The molecule has 1 N–H and O–H groups in total. The number of benzene rings is 1. The zero-order valence-electron chi connectivity index (χ0n) is 15.8. The third-order valence-electron chi connectivity index (χ3n) is 4.95. The second kappa shape index (κ2) is 8.68. The van der Waals surface area contributed by atoms with Crippen LogP contribution in [0.4, 0.5) is 10.2 Å². The number of carbonyl (C=O) groups excluding carboxylic acids is 1. The van der Waals surface area contributed by atoms with Crippen LogP contribution in [0.5, 0.6) is 0 Å². The van der Waals surface area contributed by atoms with Gasteiger partial charge in [-0.05, 0) is 56.5 Å². The molecule has 2 heterocycles. The van der Waals surface area contributed by atoms with E-state index in [9.17, 15) is 17.6 Å². The Morgan fingerprint density at radius 1 is 1.18 bits per heavy atom. The van der Waals surface area contributed by atoms with Gasteiger partial charge in [0.1, 0.15) is 16.9 Å². The number of rotatable bonds is 6. The highest BCUT2D eigenvalue weighted by Crippen LogP contribution is 2.22. The Hall–Kier alpha value is -2.48. The van der Waals surface area contributed by atoms with Crippen molar-refractivity contribution in [2.24, 2.45) is 0 Å². The summed E-state index contributed by atoms with van der Waals surface area (Å²) in [6.45, 7) is 3.38. The molecule has 8 heteroatoms. The van der Waals surface area contributed by atoms with Gasteiger partial charge in [0.25, 0.3) is 0 Å². The number of anilines is 1. The van der Waals surface area contributed by atoms with Crippen molar-refractivity contribution in [2.45, 2.75) is 42.9 Å². The summed E-state index contributed by atoms with van der Waals surface area (Å²) in [5.41, 5.74) is 0.851. The van der Waals surface area contributed by atoms with Crippen molar-refractivity contribution in [3.63, 3.8) is 0 Å². The van der Waals surface area contributed by atoms with Gasteiger partial charge in [-0.1, -0.05) is 6.07 Å². The number of amides is 1. The van der Waals surface area contributed by atoms with Gasteiger partial charge < -0.3 is 10.2 Å². The molecule has 0 spiro atoms. The summed E-state index contributed by atoms with van der Waals surface area (Å²) in [5.74, 6) is -0.299. The fourth-order valence-electron chi connectivity index (χ4n) is 3.25. The number of hydrogen-bond donors (Lipinski definition) is 1. The van der Waals surface area contributed by atoms with Crippen LogP contribution in [-0.4, -0.2) is 37.6 Å². The van der Waals surface area contributed by atoms with Crippen LogP contribution >= 0.6 is 0 Å². The lowest BCUT2D eigenvalue weighted by molar-refractivity contribution is -0.120. The van der Waals surface area contributed by atoms with Crippen molar-refractivity contribution in [3.8, 4) is 0 Å². The highest BCUT2D eigenvalue weighted by molar-refractivity contribution is 7.92. The number of aromatic nitrogens is 1. The van der Waals surface area contributed by atoms with E-state index in [1.165, 1.54) is 25.5 Å². The minimum atomic E-state index is -3.89. The van der Waals surface area contributed by atoms with Gasteiger partial charge in [0.2, 0.25) is 5.91 Å². The lowest BCUT2D eigenvalue weighted by Crippen LogP contribution is -2.38. The topological polar surface area (TPSA) is 79.4 Å². The summed E-state index contributed by atoms with van der Waals surface area (Å²) in [7, 11) is -3.89. The first-order valence-electron chi connectivity index (χ1n) is 9.35. The Bertz CT molecular complexity index is 926. The summed E-state index contributed by atoms with van der Waals surface area (Å²) in [6, 6.07) is 8.16. The summed E-state index contributed by atoms with van der Waals surface area (Å²) in [5, 5.41) is 1.42. The van der Waals surface area contributed by atoms with Crippen LogP contribution in [0.25, 0.3) is 0 Å². The van der Waals surface area contributed by atoms with Crippen molar-refractivity contribution in [1.82, 2.24) is 10.3 Å². The predicted octanol–water partition coefficient (Wildman–Crippen LogP) is 2.69. The minimum Gasteiger partial charge on any atom is -0.356 e. The summed E-state index contributed by atoms with van der Waals surface area (Å²) in [6.07, 6.45) is 5.13. The average Bonchev–Trinajstić information content (AvgIpc) is 2.72. The standard InChI is InChI=1S/C20H24FN3O3S/c1-15(28(26,27)18-9-7-17(21)8-10-18)20(25)23-14-16-6-5-11-22-19(16)24-12-3-2-4-13-24/h5-11,15H,2-4,12-14H2,1H3,(H,23,25). The van der Waals surface area contributed by atoms with Crippen LogP contribution in [0.3, 0.4) is 0 Å². The number of carbonyl (C=O) groups is 1. The van der Waals surface area contributed by atoms with E-state index < -0.39 is 26.8 Å². The molecule has 3 rings (SSSR count). The van der Waals surface area contributed by atoms with Gasteiger partial charge >= 0.3 is 0 Å². The highest BCUT2D eigenvalue weighted by Gasteiger charge is 2.30. The molecule has 1 saturated heterocycles. The second-order valence-electron chi connectivity index (χ2n) is 6.89. The Balaban J connectivity index is 1.69. The van der Waals surface area contributed by atoms with Crippen molar-refractivity contribution in [2.75, 3.05) is 18.0 Å². The Morgan fingerprint density at radius 3 is 2.54 bits per heavy atom. The van der Waals surface area contributed by atoms with E-state index in [0.717, 1.165) is 49.4 Å². The molecule has 28 heavy (non-hydrogen) atoms. The van der Waals surface area contributed by atoms with E-state index in [1.54, 1.807) is 12.3 Å². The maximum atomic E-state index is 13.1. The lowest BCUT2D eigenvalue weighted by atomic mass is 10.1. The van der Waals surface area contributed by atoms with Gasteiger partial charge in [0, 0.05) is 31.4 Å². The largest absolute Gasteiger partial charge is 0.356 e. The first-order valence-corrected chi connectivity index (χ1v) is 10.9. The minimum absolute atomic E-state index is 0.0769. The van der Waals surface area contributed by atoms with Gasteiger partial charge in [-0.2, -0.15) is 0 Å². The molecule has 0 bridgehead atoms. The van der Waals surface area contributed by atoms with Crippen molar-refractivity contribution in [3.05, 3.63) is 54.0 Å².